The molecule has 2 fully saturated rings. The summed E-state index contributed by atoms with van der Waals surface area (Å²) in [7, 11) is 0. The van der Waals surface area contributed by atoms with Crippen LogP contribution in [-0.4, -0.2) is 40.1 Å². The van der Waals surface area contributed by atoms with E-state index in [4.69, 9.17) is 0 Å². The Hall–Kier alpha value is -1.29. The topological polar surface area (TPSA) is 56.3 Å². The maximum atomic E-state index is 12.3. The normalized spacial score (nSPS) is 32.1. The number of aliphatic hydroxyl groups excluding tert-OH is 1. The number of rotatable bonds is 1. The molecule has 3 rings (SSSR count). The summed E-state index contributed by atoms with van der Waals surface area (Å²) < 4.78 is 0. The van der Waals surface area contributed by atoms with Crippen LogP contribution in [0.15, 0.2) is 18.5 Å². The van der Waals surface area contributed by atoms with Crippen molar-refractivity contribution in [1.82, 2.24) is 9.88 Å². The van der Waals surface area contributed by atoms with E-state index >= 15 is 0 Å². The van der Waals surface area contributed by atoms with Crippen molar-refractivity contribution in [2.75, 3.05) is 13.1 Å². The van der Waals surface area contributed by atoms with Gasteiger partial charge in [0.15, 0.2) is 0 Å². The summed E-state index contributed by atoms with van der Waals surface area (Å²) in [5.41, 5.74) is 0.698. The van der Waals surface area contributed by atoms with Gasteiger partial charge in [0.1, 0.15) is 0 Å². The molecule has 1 saturated carbocycles. The molecule has 4 heteroatoms. The number of hydrogen-bond acceptors (Lipinski definition) is 2. The molecule has 0 aromatic carbocycles. The van der Waals surface area contributed by atoms with Crippen LogP contribution in [-0.2, 0) is 0 Å². The summed E-state index contributed by atoms with van der Waals surface area (Å²) in [6.07, 6.45) is 8.41. The van der Waals surface area contributed by atoms with Crippen LogP contribution in [0.25, 0.3) is 0 Å². The lowest BCUT2D eigenvalue weighted by molar-refractivity contribution is -0.00535. The lowest BCUT2D eigenvalue weighted by Gasteiger charge is -2.42. The number of likely N-dealkylation sites (tertiary alicyclic amines) is 1. The molecule has 1 aliphatic heterocycles. The van der Waals surface area contributed by atoms with E-state index in [1.165, 1.54) is 0 Å². The van der Waals surface area contributed by atoms with Gasteiger partial charge in [0.2, 0.25) is 0 Å². The second-order valence-electron chi connectivity index (χ2n) is 5.70. The smallest absolute Gasteiger partial charge is 0.255 e. The van der Waals surface area contributed by atoms with Crippen LogP contribution in [0.2, 0.25) is 0 Å². The lowest BCUT2D eigenvalue weighted by Crippen LogP contribution is -2.49. The maximum Gasteiger partial charge on any atom is 0.255 e. The molecule has 1 spiro atoms. The highest BCUT2D eigenvalue weighted by Gasteiger charge is 2.45. The van der Waals surface area contributed by atoms with Crippen molar-refractivity contribution < 1.29 is 9.90 Å². The highest BCUT2D eigenvalue weighted by atomic mass is 16.3. The predicted molar refractivity (Wildman–Crippen MR) is 68.2 cm³/mol. The third kappa shape index (κ3) is 1.85. The summed E-state index contributed by atoms with van der Waals surface area (Å²) >= 11 is 0. The van der Waals surface area contributed by atoms with Crippen LogP contribution in [0.1, 0.15) is 42.5 Å². The minimum atomic E-state index is -0.223. The summed E-state index contributed by atoms with van der Waals surface area (Å²) in [4.78, 5) is 17.2. The van der Waals surface area contributed by atoms with E-state index < -0.39 is 0 Å². The van der Waals surface area contributed by atoms with Gasteiger partial charge in [0.05, 0.1) is 11.7 Å². The molecule has 2 atom stereocenters. The van der Waals surface area contributed by atoms with Crippen LogP contribution in [0, 0.1) is 5.41 Å². The van der Waals surface area contributed by atoms with Crippen molar-refractivity contribution in [2.24, 2.45) is 5.41 Å². The largest absolute Gasteiger partial charge is 0.392 e. The number of aromatic amines is 1. The molecule has 2 heterocycles. The molecule has 2 aliphatic rings. The van der Waals surface area contributed by atoms with Gasteiger partial charge in [0, 0.05) is 30.9 Å². The Kier molecular flexibility index (Phi) is 2.90. The van der Waals surface area contributed by atoms with Crippen LogP contribution in [0.4, 0.5) is 0 Å². The summed E-state index contributed by atoms with van der Waals surface area (Å²) in [6.45, 7) is 1.54. The highest BCUT2D eigenvalue weighted by Crippen LogP contribution is 2.45. The fourth-order valence-electron chi connectivity index (χ4n) is 3.57. The van der Waals surface area contributed by atoms with E-state index in [0.717, 1.165) is 50.8 Å². The van der Waals surface area contributed by atoms with Crippen molar-refractivity contribution in [2.45, 2.75) is 38.2 Å². The SMILES string of the molecule is O=C(c1cc[nH]c1)N1CCC[C@@]2(CCC[C@H]2O)C1. The Balaban J connectivity index is 1.76. The molecule has 0 unspecified atom stereocenters. The predicted octanol–water partition coefficient (Wildman–Crippen LogP) is 1.78. The molecule has 1 saturated heterocycles. The molecule has 0 radical (unpaired) electrons. The molecule has 1 aromatic rings. The average molecular weight is 248 g/mol. The van der Waals surface area contributed by atoms with Gasteiger partial charge in [-0.2, -0.15) is 0 Å². The molecular weight excluding hydrogens is 228 g/mol. The zero-order chi connectivity index (χ0) is 12.6. The van der Waals surface area contributed by atoms with Crippen molar-refractivity contribution >= 4 is 5.91 Å². The first-order valence-electron chi connectivity index (χ1n) is 6.81. The Morgan fingerprint density at radius 2 is 2.28 bits per heavy atom. The van der Waals surface area contributed by atoms with Crippen molar-refractivity contribution in [1.29, 1.82) is 0 Å². The standard InChI is InChI=1S/C14H20N2O2/c17-12-3-1-5-14(12)6-2-8-16(10-14)13(18)11-4-7-15-9-11/h4,7,9,12,15,17H,1-3,5-6,8,10H2/t12-,14+/m1/s1. The first-order chi connectivity index (χ1) is 8.71. The summed E-state index contributed by atoms with van der Waals surface area (Å²) in [6, 6.07) is 1.81. The number of amides is 1. The van der Waals surface area contributed by atoms with Crippen molar-refractivity contribution in [3.63, 3.8) is 0 Å². The first kappa shape index (κ1) is 11.8. The fourth-order valence-corrected chi connectivity index (χ4v) is 3.57. The quantitative estimate of drug-likeness (QED) is 0.796. The Labute approximate surface area is 107 Å². The number of piperidine rings is 1. The number of nitrogens with one attached hydrogen (secondary N) is 1. The molecule has 1 aromatic heterocycles. The van der Waals surface area contributed by atoms with E-state index in [0.29, 0.717) is 0 Å². The molecule has 1 aliphatic carbocycles. The van der Waals surface area contributed by atoms with Gasteiger partial charge in [-0.25, -0.2) is 0 Å². The van der Waals surface area contributed by atoms with Crippen LogP contribution < -0.4 is 0 Å². The van der Waals surface area contributed by atoms with Crippen LogP contribution in [0.5, 0.6) is 0 Å². The van der Waals surface area contributed by atoms with Gasteiger partial charge >= 0.3 is 0 Å². The second kappa shape index (κ2) is 4.43. The van der Waals surface area contributed by atoms with Crippen molar-refractivity contribution in [3.05, 3.63) is 24.0 Å². The van der Waals surface area contributed by atoms with E-state index in [9.17, 15) is 9.90 Å². The molecule has 4 nitrogen and oxygen atoms in total. The molecule has 2 N–H and O–H groups in total. The monoisotopic (exact) mass is 248 g/mol. The number of carbonyl (C=O) groups is 1. The number of aliphatic hydroxyl groups is 1. The zero-order valence-electron chi connectivity index (χ0n) is 10.6. The molecule has 98 valence electrons. The number of carbonyl (C=O) groups excluding carboxylic acids is 1. The minimum Gasteiger partial charge on any atom is -0.392 e. The number of hydrogen-bond donors (Lipinski definition) is 2. The third-order valence-corrected chi connectivity index (χ3v) is 4.60. The fraction of sp³-hybridized carbons (Fsp3) is 0.643. The molecule has 18 heavy (non-hydrogen) atoms. The molecular formula is C14H20N2O2. The van der Waals surface area contributed by atoms with Gasteiger partial charge < -0.3 is 15.0 Å². The number of H-pyrrole nitrogens is 1. The lowest BCUT2D eigenvalue weighted by atomic mass is 9.76. The van der Waals surface area contributed by atoms with E-state index in [1.807, 2.05) is 11.0 Å². The number of aromatic nitrogens is 1. The summed E-state index contributed by atoms with van der Waals surface area (Å²) in [5, 5.41) is 10.2. The molecule has 1 amide bonds. The van der Waals surface area contributed by atoms with Gasteiger partial charge in [-0.1, -0.05) is 6.42 Å². The van der Waals surface area contributed by atoms with Gasteiger partial charge in [-0.15, -0.1) is 0 Å². The van der Waals surface area contributed by atoms with Gasteiger partial charge in [0.25, 0.3) is 5.91 Å². The third-order valence-electron chi connectivity index (χ3n) is 4.60. The van der Waals surface area contributed by atoms with E-state index in [-0.39, 0.29) is 17.4 Å². The van der Waals surface area contributed by atoms with Crippen LogP contribution >= 0.6 is 0 Å². The Bertz CT molecular complexity index is 429. The summed E-state index contributed by atoms with van der Waals surface area (Å²) in [5.74, 6) is 0.0921. The Morgan fingerprint density at radius 3 is 2.94 bits per heavy atom. The van der Waals surface area contributed by atoms with Gasteiger partial charge in [-0.05, 0) is 31.7 Å². The molecule has 0 bridgehead atoms. The van der Waals surface area contributed by atoms with E-state index in [2.05, 4.69) is 4.98 Å². The number of nitrogens with zero attached hydrogens (tertiary/aromatic N) is 1. The van der Waals surface area contributed by atoms with Gasteiger partial charge in [-0.3, -0.25) is 4.79 Å². The Morgan fingerprint density at radius 1 is 1.44 bits per heavy atom. The first-order valence-corrected chi connectivity index (χ1v) is 6.81. The van der Waals surface area contributed by atoms with E-state index in [1.54, 1.807) is 12.4 Å². The average Bonchev–Trinajstić information content (AvgIpc) is 3.01. The van der Waals surface area contributed by atoms with Crippen LogP contribution in [0.3, 0.4) is 0 Å². The maximum absolute atomic E-state index is 12.3. The minimum absolute atomic E-state index is 0.0236. The van der Waals surface area contributed by atoms with Crippen molar-refractivity contribution in [3.8, 4) is 0 Å². The second-order valence-corrected chi connectivity index (χ2v) is 5.70. The highest BCUT2D eigenvalue weighted by molar-refractivity contribution is 5.94. The zero-order valence-corrected chi connectivity index (χ0v) is 10.6.